The molecule has 0 unspecified atom stereocenters. The van der Waals surface area contributed by atoms with Crippen LogP contribution in [0.25, 0.3) is 0 Å². The minimum Gasteiger partial charge on any atom is -0.490 e. The minimum absolute atomic E-state index is 0.0570. The van der Waals surface area contributed by atoms with E-state index in [-0.39, 0.29) is 11.8 Å². The first-order valence-electron chi connectivity index (χ1n) is 10.7. The average Bonchev–Trinajstić information content (AvgIpc) is 2.76. The number of amides is 1. The van der Waals surface area contributed by atoms with E-state index in [2.05, 4.69) is 16.3 Å². The molecule has 1 heterocycles. The smallest absolute Gasteiger partial charge is 0.223 e. The van der Waals surface area contributed by atoms with Gasteiger partial charge in [-0.05, 0) is 69.1 Å². The van der Waals surface area contributed by atoms with Crippen molar-refractivity contribution in [3.63, 3.8) is 0 Å². The molecule has 5 nitrogen and oxygen atoms in total. The van der Waals surface area contributed by atoms with Gasteiger partial charge in [-0.2, -0.15) is 0 Å². The first kappa shape index (κ1) is 22.4. The molecular weight excluding hydrogens is 400 g/mol. The van der Waals surface area contributed by atoms with Crippen molar-refractivity contribution in [3.8, 4) is 11.5 Å². The van der Waals surface area contributed by atoms with Crippen LogP contribution in [0.5, 0.6) is 11.5 Å². The average molecular weight is 431 g/mol. The minimum atomic E-state index is 0.0570. The van der Waals surface area contributed by atoms with E-state index >= 15 is 0 Å². The maximum atomic E-state index is 12.7. The molecule has 0 aromatic heterocycles. The molecule has 162 valence electrons. The highest BCUT2D eigenvalue weighted by Gasteiger charge is 2.25. The molecule has 1 aliphatic heterocycles. The van der Waals surface area contributed by atoms with Crippen LogP contribution in [0.3, 0.4) is 0 Å². The summed E-state index contributed by atoms with van der Waals surface area (Å²) >= 11 is 6.27. The molecule has 2 aromatic rings. The van der Waals surface area contributed by atoms with Crippen LogP contribution in [0.2, 0.25) is 5.02 Å². The summed E-state index contributed by atoms with van der Waals surface area (Å²) < 4.78 is 11.3. The van der Waals surface area contributed by atoms with Crippen molar-refractivity contribution >= 4 is 17.5 Å². The van der Waals surface area contributed by atoms with E-state index in [1.807, 2.05) is 50.2 Å². The van der Waals surface area contributed by atoms with Crippen molar-refractivity contribution in [1.82, 2.24) is 10.2 Å². The molecule has 0 bridgehead atoms. The molecule has 0 spiro atoms. The fraction of sp³-hybridized carbons (Fsp3) is 0.458. The van der Waals surface area contributed by atoms with Gasteiger partial charge in [-0.3, -0.25) is 9.69 Å². The van der Waals surface area contributed by atoms with Crippen molar-refractivity contribution in [3.05, 3.63) is 58.6 Å². The Morgan fingerprint density at radius 3 is 2.47 bits per heavy atom. The summed E-state index contributed by atoms with van der Waals surface area (Å²) in [5.74, 6) is 1.64. The van der Waals surface area contributed by atoms with Crippen molar-refractivity contribution in [2.24, 2.45) is 5.92 Å². The highest BCUT2D eigenvalue weighted by Crippen LogP contribution is 2.29. The van der Waals surface area contributed by atoms with Gasteiger partial charge in [-0.25, -0.2) is 0 Å². The summed E-state index contributed by atoms with van der Waals surface area (Å²) in [4.78, 5) is 15.0. The van der Waals surface area contributed by atoms with Gasteiger partial charge in [0.05, 0.1) is 13.2 Å². The van der Waals surface area contributed by atoms with E-state index in [1.165, 1.54) is 0 Å². The van der Waals surface area contributed by atoms with E-state index in [0.29, 0.717) is 19.8 Å². The van der Waals surface area contributed by atoms with Gasteiger partial charge in [0.15, 0.2) is 11.5 Å². The summed E-state index contributed by atoms with van der Waals surface area (Å²) in [5, 5.41) is 3.89. The monoisotopic (exact) mass is 430 g/mol. The number of ether oxygens (including phenoxy) is 2. The van der Waals surface area contributed by atoms with Crippen molar-refractivity contribution in [2.45, 2.75) is 39.8 Å². The third kappa shape index (κ3) is 6.13. The second kappa shape index (κ2) is 11.2. The molecule has 1 amide bonds. The molecule has 0 atom stereocenters. The Bertz CT molecular complexity index is 835. The first-order valence-corrected chi connectivity index (χ1v) is 11.1. The summed E-state index contributed by atoms with van der Waals surface area (Å²) in [7, 11) is 0. The fourth-order valence-corrected chi connectivity index (χ4v) is 3.96. The zero-order valence-corrected chi connectivity index (χ0v) is 18.6. The van der Waals surface area contributed by atoms with Crippen molar-refractivity contribution in [2.75, 3.05) is 26.3 Å². The van der Waals surface area contributed by atoms with Crippen LogP contribution in [0, 0.1) is 5.92 Å². The van der Waals surface area contributed by atoms with E-state index < -0.39 is 0 Å². The van der Waals surface area contributed by atoms with Gasteiger partial charge in [0, 0.05) is 24.0 Å². The second-order valence-electron chi connectivity index (χ2n) is 7.51. The molecule has 30 heavy (non-hydrogen) atoms. The highest BCUT2D eigenvalue weighted by atomic mass is 35.5. The molecule has 0 aliphatic carbocycles. The SMILES string of the molecule is CCOc1ccc(CNC(=O)C2CCN(Cc3ccccc3Cl)CC2)cc1OCC. The number of rotatable bonds is 9. The van der Waals surface area contributed by atoms with Crippen LogP contribution < -0.4 is 14.8 Å². The Kier molecular flexibility index (Phi) is 8.40. The van der Waals surface area contributed by atoms with Crippen LogP contribution in [-0.4, -0.2) is 37.1 Å². The van der Waals surface area contributed by atoms with Crippen molar-refractivity contribution in [1.29, 1.82) is 0 Å². The zero-order valence-electron chi connectivity index (χ0n) is 17.8. The summed E-state index contributed by atoms with van der Waals surface area (Å²) in [6.07, 6.45) is 1.73. The molecule has 6 heteroatoms. The van der Waals surface area contributed by atoms with E-state index in [9.17, 15) is 4.79 Å². The molecule has 1 fully saturated rings. The number of nitrogens with one attached hydrogen (secondary N) is 1. The van der Waals surface area contributed by atoms with Gasteiger partial charge in [-0.1, -0.05) is 35.9 Å². The largest absolute Gasteiger partial charge is 0.490 e. The predicted molar refractivity (Wildman–Crippen MR) is 120 cm³/mol. The molecule has 0 saturated carbocycles. The lowest BCUT2D eigenvalue weighted by Gasteiger charge is -2.31. The predicted octanol–water partition coefficient (Wildman–Crippen LogP) is 4.67. The van der Waals surface area contributed by atoms with Crippen LogP contribution >= 0.6 is 11.6 Å². The van der Waals surface area contributed by atoms with Crippen LogP contribution in [0.15, 0.2) is 42.5 Å². The number of likely N-dealkylation sites (tertiary alicyclic amines) is 1. The molecule has 1 N–H and O–H groups in total. The van der Waals surface area contributed by atoms with Gasteiger partial charge in [0.2, 0.25) is 5.91 Å². The third-order valence-corrected chi connectivity index (χ3v) is 5.75. The molecule has 3 rings (SSSR count). The van der Waals surface area contributed by atoms with Crippen molar-refractivity contribution < 1.29 is 14.3 Å². The maximum absolute atomic E-state index is 12.7. The number of hydrogen-bond donors (Lipinski definition) is 1. The lowest BCUT2D eigenvalue weighted by Crippen LogP contribution is -2.40. The van der Waals surface area contributed by atoms with Gasteiger partial charge >= 0.3 is 0 Å². The first-order chi connectivity index (χ1) is 14.6. The third-order valence-electron chi connectivity index (χ3n) is 5.38. The topological polar surface area (TPSA) is 50.8 Å². The standard InChI is InChI=1S/C24H31ClN2O3/c1-3-29-22-10-9-18(15-23(22)30-4-2)16-26-24(28)19-11-13-27(14-12-19)17-20-7-5-6-8-21(20)25/h5-10,15,19H,3-4,11-14,16-17H2,1-2H3,(H,26,28). The van der Waals surface area contributed by atoms with Gasteiger partial charge in [-0.15, -0.1) is 0 Å². The van der Waals surface area contributed by atoms with Gasteiger partial charge in [0.1, 0.15) is 0 Å². The van der Waals surface area contributed by atoms with E-state index in [4.69, 9.17) is 21.1 Å². The highest BCUT2D eigenvalue weighted by molar-refractivity contribution is 6.31. The number of hydrogen-bond acceptors (Lipinski definition) is 4. The molecule has 2 aromatic carbocycles. The summed E-state index contributed by atoms with van der Waals surface area (Å²) in [6.45, 7) is 8.19. The molecule has 1 saturated heterocycles. The zero-order chi connectivity index (χ0) is 21.3. The van der Waals surface area contributed by atoms with Crippen LogP contribution in [0.1, 0.15) is 37.8 Å². The summed E-state index contributed by atoms with van der Waals surface area (Å²) in [5.41, 5.74) is 2.15. The van der Waals surface area contributed by atoms with Crippen LogP contribution in [-0.2, 0) is 17.9 Å². The Hall–Kier alpha value is -2.24. The second-order valence-corrected chi connectivity index (χ2v) is 7.91. The molecular formula is C24H31ClN2O3. The van der Waals surface area contributed by atoms with E-state index in [0.717, 1.165) is 60.1 Å². The maximum Gasteiger partial charge on any atom is 0.223 e. The normalized spacial score (nSPS) is 15.0. The fourth-order valence-electron chi connectivity index (χ4n) is 3.76. The Labute approximate surface area is 184 Å². The molecule has 1 aliphatic rings. The molecule has 0 radical (unpaired) electrons. The number of nitrogens with zero attached hydrogens (tertiary/aromatic N) is 1. The lowest BCUT2D eigenvalue weighted by molar-refractivity contribution is -0.126. The lowest BCUT2D eigenvalue weighted by atomic mass is 9.95. The van der Waals surface area contributed by atoms with E-state index in [1.54, 1.807) is 0 Å². The van der Waals surface area contributed by atoms with Crippen LogP contribution in [0.4, 0.5) is 0 Å². The summed E-state index contributed by atoms with van der Waals surface area (Å²) in [6, 6.07) is 13.8. The number of halogens is 1. The number of carbonyl (C=O) groups excluding carboxylic acids is 1. The number of piperidine rings is 1. The number of benzene rings is 2. The number of carbonyl (C=O) groups is 1. The van der Waals surface area contributed by atoms with Gasteiger partial charge < -0.3 is 14.8 Å². The Morgan fingerprint density at radius 1 is 1.07 bits per heavy atom. The quantitative estimate of drug-likeness (QED) is 0.628. The Morgan fingerprint density at radius 2 is 1.77 bits per heavy atom. The van der Waals surface area contributed by atoms with Gasteiger partial charge in [0.25, 0.3) is 0 Å². The Balaban J connectivity index is 1.48.